The number of aryl methyl sites for hydroxylation is 1. The number of carbonyl (C=O) groups excluding carboxylic acids is 1. The second-order valence-corrected chi connectivity index (χ2v) is 7.50. The van der Waals surface area contributed by atoms with Crippen LogP contribution in [0.25, 0.3) is 0 Å². The summed E-state index contributed by atoms with van der Waals surface area (Å²) in [6.07, 6.45) is 2.60. The second-order valence-electron chi connectivity index (χ2n) is 7.50. The first-order valence-electron chi connectivity index (χ1n) is 8.94. The first kappa shape index (κ1) is 19.4. The van der Waals surface area contributed by atoms with Gasteiger partial charge in [-0.1, -0.05) is 38.1 Å². The molecule has 0 spiro atoms. The van der Waals surface area contributed by atoms with E-state index in [1.165, 1.54) is 12.7 Å². The number of amides is 1. The van der Waals surface area contributed by atoms with Gasteiger partial charge >= 0.3 is 5.97 Å². The van der Waals surface area contributed by atoms with Gasteiger partial charge in [-0.2, -0.15) is 0 Å². The van der Waals surface area contributed by atoms with Crippen LogP contribution in [0.3, 0.4) is 0 Å². The number of carboxylic acids is 1. The topological polar surface area (TPSA) is 66.8 Å². The van der Waals surface area contributed by atoms with Crippen molar-refractivity contribution in [1.29, 1.82) is 0 Å². The highest BCUT2D eigenvalue weighted by Gasteiger charge is 2.46. The molecular formula is C20H29NO4. The average molecular weight is 347 g/mol. The highest BCUT2D eigenvalue weighted by atomic mass is 16.5. The third kappa shape index (κ3) is 5.05. The molecule has 1 saturated heterocycles. The minimum Gasteiger partial charge on any atom is -0.481 e. The Morgan fingerprint density at radius 3 is 2.44 bits per heavy atom. The monoisotopic (exact) mass is 347 g/mol. The van der Waals surface area contributed by atoms with Gasteiger partial charge in [-0.05, 0) is 36.3 Å². The fraction of sp³-hybridized carbons (Fsp3) is 0.600. The standard InChI is InChI=1S/C20H29NO4/c1-15(2)12-17-6-4-16(5-7-17)8-9-18(22)21-11-10-20(13-21,14-25-3)19(23)24/h4-7,15H,8-14H2,1-3H3,(H,23,24). The number of methoxy groups -OCH3 is 1. The van der Waals surface area contributed by atoms with Gasteiger partial charge in [0, 0.05) is 26.6 Å². The third-order valence-electron chi connectivity index (χ3n) is 4.88. The van der Waals surface area contributed by atoms with Crippen LogP contribution in [0, 0.1) is 11.3 Å². The summed E-state index contributed by atoms with van der Waals surface area (Å²) in [7, 11) is 1.50. The molecule has 25 heavy (non-hydrogen) atoms. The van der Waals surface area contributed by atoms with Crippen LogP contribution >= 0.6 is 0 Å². The van der Waals surface area contributed by atoms with Crippen LogP contribution < -0.4 is 0 Å². The predicted molar refractivity (Wildman–Crippen MR) is 96.4 cm³/mol. The molecule has 5 nitrogen and oxygen atoms in total. The van der Waals surface area contributed by atoms with Crippen LogP contribution in [0.15, 0.2) is 24.3 Å². The lowest BCUT2D eigenvalue weighted by Gasteiger charge is -2.23. The smallest absolute Gasteiger partial charge is 0.313 e. The Bertz CT molecular complexity index is 596. The van der Waals surface area contributed by atoms with Crippen molar-refractivity contribution < 1.29 is 19.4 Å². The van der Waals surface area contributed by atoms with E-state index in [-0.39, 0.29) is 19.1 Å². The molecule has 1 unspecified atom stereocenters. The summed E-state index contributed by atoms with van der Waals surface area (Å²) in [6, 6.07) is 8.43. The van der Waals surface area contributed by atoms with E-state index in [4.69, 9.17) is 4.74 Å². The molecule has 0 radical (unpaired) electrons. The van der Waals surface area contributed by atoms with E-state index < -0.39 is 11.4 Å². The Morgan fingerprint density at radius 1 is 1.24 bits per heavy atom. The lowest BCUT2D eigenvalue weighted by atomic mass is 9.88. The normalized spacial score (nSPS) is 20.2. The number of nitrogens with zero attached hydrogens (tertiary/aromatic N) is 1. The van der Waals surface area contributed by atoms with Gasteiger partial charge in [-0.25, -0.2) is 0 Å². The lowest BCUT2D eigenvalue weighted by molar-refractivity contribution is -0.151. The van der Waals surface area contributed by atoms with Crippen LogP contribution in [-0.2, 0) is 27.2 Å². The SMILES string of the molecule is COCC1(C(=O)O)CCN(C(=O)CCc2ccc(CC(C)C)cc2)C1. The molecule has 0 aromatic heterocycles. The molecule has 1 heterocycles. The molecule has 1 atom stereocenters. The molecule has 1 aromatic carbocycles. The molecule has 2 rings (SSSR count). The van der Waals surface area contributed by atoms with E-state index in [1.807, 2.05) is 0 Å². The van der Waals surface area contributed by atoms with E-state index in [2.05, 4.69) is 38.1 Å². The zero-order valence-corrected chi connectivity index (χ0v) is 15.5. The van der Waals surface area contributed by atoms with Gasteiger partial charge in [-0.3, -0.25) is 9.59 Å². The van der Waals surface area contributed by atoms with Crippen molar-refractivity contribution >= 4 is 11.9 Å². The Labute approximate surface area is 150 Å². The summed E-state index contributed by atoms with van der Waals surface area (Å²) in [4.78, 5) is 25.7. The highest BCUT2D eigenvalue weighted by molar-refractivity contribution is 5.81. The molecule has 1 fully saturated rings. The van der Waals surface area contributed by atoms with E-state index >= 15 is 0 Å². The number of hydrogen-bond acceptors (Lipinski definition) is 3. The molecule has 0 aliphatic carbocycles. The molecule has 1 aromatic rings. The van der Waals surface area contributed by atoms with Crippen molar-refractivity contribution in [3.8, 4) is 0 Å². The number of rotatable bonds is 8. The van der Waals surface area contributed by atoms with E-state index in [0.717, 1.165) is 12.0 Å². The average Bonchev–Trinajstić information content (AvgIpc) is 2.99. The van der Waals surface area contributed by atoms with Crippen LogP contribution in [0.4, 0.5) is 0 Å². The highest BCUT2D eigenvalue weighted by Crippen LogP contribution is 2.31. The summed E-state index contributed by atoms with van der Waals surface area (Å²) >= 11 is 0. The zero-order chi connectivity index (χ0) is 18.4. The van der Waals surface area contributed by atoms with Gasteiger partial charge < -0.3 is 14.7 Å². The number of likely N-dealkylation sites (tertiary alicyclic amines) is 1. The van der Waals surface area contributed by atoms with E-state index in [1.54, 1.807) is 4.90 Å². The summed E-state index contributed by atoms with van der Waals surface area (Å²) in [5.74, 6) is -0.236. The molecule has 1 amide bonds. The van der Waals surface area contributed by atoms with Gasteiger partial charge in [0.1, 0.15) is 5.41 Å². The van der Waals surface area contributed by atoms with E-state index in [9.17, 15) is 14.7 Å². The Balaban J connectivity index is 1.87. The van der Waals surface area contributed by atoms with Gasteiger partial charge in [-0.15, -0.1) is 0 Å². The Hall–Kier alpha value is -1.88. The first-order chi connectivity index (χ1) is 11.9. The van der Waals surface area contributed by atoms with Crippen molar-refractivity contribution in [2.24, 2.45) is 11.3 Å². The van der Waals surface area contributed by atoms with Crippen LogP contribution in [0.2, 0.25) is 0 Å². The van der Waals surface area contributed by atoms with Crippen LogP contribution in [0.5, 0.6) is 0 Å². The van der Waals surface area contributed by atoms with Gasteiger partial charge in [0.2, 0.25) is 5.91 Å². The van der Waals surface area contributed by atoms with Gasteiger partial charge in [0.05, 0.1) is 6.61 Å². The van der Waals surface area contributed by atoms with Crippen molar-refractivity contribution in [3.63, 3.8) is 0 Å². The summed E-state index contributed by atoms with van der Waals surface area (Å²) in [5.41, 5.74) is 1.50. The number of hydrogen-bond donors (Lipinski definition) is 1. The first-order valence-corrected chi connectivity index (χ1v) is 8.94. The summed E-state index contributed by atoms with van der Waals surface area (Å²) in [6.45, 7) is 5.26. The Kier molecular flexibility index (Phi) is 6.59. The van der Waals surface area contributed by atoms with E-state index in [0.29, 0.717) is 31.7 Å². The maximum Gasteiger partial charge on any atom is 0.313 e. The van der Waals surface area contributed by atoms with Gasteiger partial charge in [0.25, 0.3) is 0 Å². The van der Waals surface area contributed by atoms with Crippen molar-refractivity contribution in [3.05, 3.63) is 35.4 Å². The second kappa shape index (κ2) is 8.48. The lowest BCUT2D eigenvalue weighted by Crippen LogP contribution is -2.40. The number of benzene rings is 1. The molecule has 0 saturated carbocycles. The summed E-state index contributed by atoms with van der Waals surface area (Å²) < 4.78 is 5.07. The Morgan fingerprint density at radius 2 is 1.88 bits per heavy atom. The molecule has 0 bridgehead atoms. The minimum atomic E-state index is -0.955. The molecule has 1 aliphatic rings. The summed E-state index contributed by atoms with van der Waals surface area (Å²) in [5, 5.41) is 9.47. The molecule has 1 aliphatic heterocycles. The molecule has 1 N–H and O–H groups in total. The number of aliphatic carboxylic acids is 1. The molecule has 138 valence electrons. The predicted octanol–water partition coefficient (Wildman–Crippen LogP) is 2.77. The van der Waals surface area contributed by atoms with Crippen molar-refractivity contribution in [2.75, 3.05) is 26.8 Å². The minimum absolute atomic E-state index is 0.0190. The van der Waals surface area contributed by atoms with Gasteiger partial charge in [0.15, 0.2) is 0 Å². The van der Waals surface area contributed by atoms with Crippen LogP contribution in [-0.4, -0.2) is 48.7 Å². The zero-order valence-electron chi connectivity index (χ0n) is 15.5. The van der Waals surface area contributed by atoms with Crippen molar-refractivity contribution in [1.82, 2.24) is 4.90 Å². The van der Waals surface area contributed by atoms with Crippen LogP contribution in [0.1, 0.15) is 37.8 Å². The number of carbonyl (C=O) groups is 2. The van der Waals surface area contributed by atoms with Crippen molar-refractivity contribution in [2.45, 2.75) is 39.5 Å². The molecular weight excluding hydrogens is 318 g/mol. The maximum atomic E-state index is 12.4. The fourth-order valence-corrected chi connectivity index (χ4v) is 3.44. The number of carboxylic acid groups (broad SMARTS) is 1. The largest absolute Gasteiger partial charge is 0.481 e. The molecule has 5 heteroatoms. The quantitative estimate of drug-likeness (QED) is 0.785. The maximum absolute atomic E-state index is 12.4. The fourth-order valence-electron chi connectivity index (χ4n) is 3.44. The third-order valence-corrected chi connectivity index (χ3v) is 4.88. The number of ether oxygens (including phenoxy) is 1.